The van der Waals surface area contributed by atoms with Crippen LogP contribution in [0.2, 0.25) is 0 Å². The molecule has 0 aliphatic rings. The van der Waals surface area contributed by atoms with Crippen molar-refractivity contribution >= 4 is 0 Å². The molecule has 0 unspecified atom stereocenters. The molecule has 0 radical (unpaired) electrons. The lowest BCUT2D eigenvalue weighted by molar-refractivity contribution is 0.282. The highest BCUT2D eigenvalue weighted by molar-refractivity contribution is 5.09. The fraction of sp³-hybridized carbons (Fsp3) is 0.667. The molecule has 1 aromatic rings. The van der Waals surface area contributed by atoms with Gasteiger partial charge >= 0.3 is 0 Å². The highest BCUT2D eigenvalue weighted by atomic mass is 16.2. The number of unbranched alkanes of at least 4 members (excludes halogenated alkanes) is 7. The molecule has 0 aromatic carbocycles. The van der Waals surface area contributed by atoms with E-state index in [0.717, 1.165) is 6.42 Å². The SMILES string of the molecule is OCCCCCCCCCCc1ccncc1. The monoisotopic (exact) mass is 235 g/mol. The van der Waals surface area contributed by atoms with Crippen molar-refractivity contribution in [3.8, 4) is 0 Å². The largest absolute Gasteiger partial charge is 0.396 e. The molecule has 0 amide bonds. The van der Waals surface area contributed by atoms with Crippen LogP contribution in [0.3, 0.4) is 0 Å². The average Bonchev–Trinajstić information content (AvgIpc) is 2.38. The van der Waals surface area contributed by atoms with Crippen LogP contribution < -0.4 is 0 Å². The number of nitrogens with zero attached hydrogens (tertiary/aromatic N) is 1. The van der Waals surface area contributed by atoms with Gasteiger partial charge in [0, 0.05) is 19.0 Å². The van der Waals surface area contributed by atoms with Crippen LogP contribution in [0.15, 0.2) is 24.5 Å². The first kappa shape index (κ1) is 14.2. The maximum Gasteiger partial charge on any atom is 0.0431 e. The summed E-state index contributed by atoms with van der Waals surface area (Å²) in [6.45, 7) is 0.353. The molecule has 1 rings (SSSR count). The van der Waals surface area contributed by atoms with Crippen molar-refractivity contribution in [1.82, 2.24) is 4.98 Å². The van der Waals surface area contributed by atoms with E-state index < -0.39 is 0 Å². The molecule has 0 spiro atoms. The molecule has 0 fully saturated rings. The Bertz CT molecular complexity index is 261. The van der Waals surface area contributed by atoms with Crippen LogP contribution in [0, 0.1) is 0 Å². The molecule has 2 nitrogen and oxygen atoms in total. The maximum atomic E-state index is 8.64. The lowest BCUT2D eigenvalue weighted by atomic mass is 10.0. The Morgan fingerprint density at radius 2 is 1.29 bits per heavy atom. The molecule has 0 saturated heterocycles. The van der Waals surface area contributed by atoms with Crippen molar-refractivity contribution in [2.75, 3.05) is 6.61 Å². The number of aliphatic hydroxyl groups is 1. The van der Waals surface area contributed by atoms with Crippen LogP contribution in [0.4, 0.5) is 0 Å². The van der Waals surface area contributed by atoms with E-state index in [2.05, 4.69) is 17.1 Å². The molecule has 2 heteroatoms. The van der Waals surface area contributed by atoms with Gasteiger partial charge < -0.3 is 5.11 Å². The molecular formula is C15H25NO. The zero-order chi connectivity index (χ0) is 12.2. The summed E-state index contributed by atoms with van der Waals surface area (Å²) in [7, 11) is 0. The van der Waals surface area contributed by atoms with Gasteiger partial charge in [-0.3, -0.25) is 4.98 Å². The van der Waals surface area contributed by atoms with Crippen molar-refractivity contribution in [3.63, 3.8) is 0 Å². The third-order valence-electron chi connectivity index (χ3n) is 3.12. The average molecular weight is 235 g/mol. The zero-order valence-electron chi connectivity index (χ0n) is 10.8. The van der Waals surface area contributed by atoms with Gasteiger partial charge in [-0.25, -0.2) is 0 Å². The lowest BCUT2D eigenvalue weighted by Crippen LogP contribution is -1.87. The van der Waals surface area contributed by atoms with Crippen LogP contribution in [0.1, 0.15) is 56.9 Å². The van der Waals surface area contributed by atoms with Gasteiger partial charge in [0.25, 0.3) is 0 Å². The van der Waals surface area contributed by atoms with Gasteiger partial charge in [-0.2, -0.15) is 0 Å². The molecule has 0 atom stereocenters. The zero-order valence-corrected chi connectivity index (χ0v) is 10.8. The number of rotatable bonds is 10. The predicted octanol–water partition coefficient (Wildman–Crippen LogP) is 3.74. The fourth-order valence-corrected chi connectivity index (χ4v) is 2.05. The second kappa shape index (κ2) is 10.3. The van der Waals surface area contributed by atoms with Crippen molar-refractivity contribution < 1.29 is 5.11 Å². The smallest absolute Gasteiger partial charge is 0.0431 e. The fourth-order valence-electron chi connectivity index (χ4n) is 2.05. The number of pyridine rings is 1. The second-order valence-electron chi connectivity index (χ2n) is 4.66. The van der Waals surface area contributed by atoms with E-state index in [1.165, 1.54) is 56.9 Å². The normalized spacial score (nSPS) is 10.6. The van der Waals surface area contributed by atoms with Crippen LogP contribution in [0.5, 0.6) is 0 Å². The summed E-state index contributed by atoms with van der Waals surface area (Å²) >= 11 is 0. The third kappa shape index (κ3) is 7.92. The first-order chi connectivity index (χ1) is 8.43. The molecule has 96 valence electrons. The van der Waals surface area contributed by atoms with E-state index in [9.17, 15) is 0 Å². The molecule has 1 heterocycles. The molecule has 0 bridgehead atoms. The Hall–Kier alpha value is -0.890. The summed E-state index contributed by atoms with van der Waals surface area (Å²) in [4.78, 5) is 4.02. The highest BCUT2D eigenvalue weighted by Crippen LogP contribution is 2.10. The van der Waals surface area contributed by atoms with Crippen LogP contribution >= 0.6 is 0 Å². The van der Waals surface area contributed by atoms with Crippen molar-refractivity contribution in [3.05, 3.63) is 30.1 Å². The summed E-state index contributed by atoms with van der Waals surface area (Å²) in [6, 6.07) is 4.21. The van der Waals surface area contributed by atoms with Gasteiger partial charge in [0.1, 0.15) is 0 Å². The standard InChI is InChI=1S/C15H25NO/c17-14-8-6-4-2-1-3-5-7-9-15-10-12-16-13-11-15/h10-13,17H,1-9,14H2. The predicted molar refractivity (Wildman–Crippen MR) is 72.0 cm³/mol. The molecule has 0 saturated carbocycles. The Kier molecular flexibility index (Phi) is 8.57. The first-order valence-corrected chi connectivity index (χ1v) is 6.93. The maximum absolute atomic E-state index is 8.64. The summed E-state index contributed by atoms with van der Waals surface area (Å²) in [5, 5.41) is 8.64. The minimum absolute atomic E-state index is 0.353. The second-order valence-corrected chi connectivity index (χ2v) is 4.66. The Balaban J connectivity index is 1.85. The van der Waals surface area contributed by atoms with Gasteiger partial charge in [-0.15, -0.1) is 0 Å². The van der Waals surface area contributed by atoms with E-state index in [1.807, 2.05) is 12.4 Å². The Morgan fingerprint density at radius 3 is 1.88 bits per heavy atom. The van der Waals surface area contributed by atoms with Gasteiger partial charge in [-0.05, 0) is 37.0 Å². The van der Waals surface area contributed by atoms with E-state index >= 15 is 0 Å². The number of aliphatic hydroxyl groups excluding tert-OH is 1. The number of hydrogen-bond donors (Lipinski definition) is 1. The van der Waals surface area contributed by atoms with Crippen molar-refractivity contribution in [2.24, 2.45) is 0 Å². The third-order valence-corrected chi connectivity index (χ3v) is 3.12. The lowest BCUT2D eigenvalue weighted by Gasteiger charge is -2.02. The molecule has 0 aliphatic carbocycles. The van der Waals surface area contributed by atoms with Gasteiger partial charge in [0.05, 0.1) is 0 Å². The Morgan fingerprint density at radius 1 is 0.765 bits per heavy atom. The number of aryl methyl sites for hydroxylation is 1. The van der Waals surface area contributed by atoms with Crippen LogP contribution in [-0.4, -0.2) is 16.7 Å². The Labute approximate surface area is 105 Å². The number of aromatic nitrogens is 1. The number of hydrogen-bond acceptors (Lipinski definition) is 2. The van der Waals surface area contributed by atoms with E-state index in [4.69, 9.17) is 5.11 Å². The summed E-state index contributed by atoms with van der Waals surface area (Å²) in [5.74, 6) is 0. The van der Waals surface area contributed by atoms with E-state index in [-0.39, 0.29) is 0 Å². The minimum atomic E-state index is 0.353. The highest BCUT2D eigenvalue weighted by Gasteiger charge is 1.94. The van der Waals surface area contributed by atoms with Gasteiger partial charge in [-0.1, -0.05) is 38.5 Å². The van der Waals surface area contributed by atoms with Gasteiger partial charge in [0.15, 0.2) is 0 Å². The molecule has 17 heavy (non-hydrogen) atoms. The van der Waals surface area contributed by atoms with Crippen LogP contribution in [0.25, 0.3) is 0 Å². The van der Waals surface area contributed by atoms with E-state index in [0.29, 0.717) is 6.61 Å². The summed E-state index contributed by atoms with van der Waals surface area (Å²) in [5.41, 5.74) is 1.41. The quantitative estimate of drug-likeness (QED) is 0.627. The topological polar surface area (TPSA) is 33.1 Å². The van der Waals surface area contributed by atoms with Crippen molar-refractivity contribution in [1.29, 1.82) is 0 Å². The molecule has 1 N–H and O–H groups in total. The molecular weight excluding hydrogens is 210 g/mol. The molecule has 0 aliphatic heterocycles. The summed E-state index contributed by atoms with van der Waals surface area (Å²) in [6.07, 6.45) is 15.0. The van der Waals surface area contributed by atoms with Gasteiger partial charge in [0.2, 0.25) is 0 Å². The van der Waals surface area contributed by atoms with Crippen LogP contribution in [-0.2, 0) is 6.42 Å². The minimum Gasteiger partial charge on any atom is -0.396 e. The summed E-state index contributed by atoms with van der Waals surface area (Å²) < 4.78 is 0. The molecule has 1 aromatic heterocycles. The van der Waals surface area contributed by atoms with E-state index in [1.54, 1.807) is 0 Å². The first-order valence-electron chi connectivity index (χ1n) is 6.93. The van der Waals surface area contributed by atoms with Crippen molar-refractivity contribution in [2.45, 2.75) is 57.8 Å².